The van der Waals surface area contributed by atoms with Crippen LogP contribution in [0.2, 0.25) is 0 Å². The predicted octanol–water partition coefficient (Wildman–Crippen LogP) is 9.15. The highest BCUT2D eigenvalue weighted by Gasteiger charge is 2.59. The zero-order chi connectivity index (χ0) is 25.5. The van der Waals surface area contributed by atoms with Gasteiger partial charge in [-0.1, -0.05) is 81.3 Å². The number of carboxylic acids is 1. The van der Waals surface area contributed by atoms with Crippen molar-refractivity contribution in [1.82, 2.24) is 0 Å². The summed E-state index contributed by atoms with van der Waals surface area (Å²) in [7, 11) is 0. The van der Waals surface area contributed by atoms with Crippen molar-refractivity contribution in [1.29, 1.82) is 0 Å². The Morgan fingerprint density at radius 1 is 1.11 bits per heavy atom. The standard InChI is InChI=1S/C32H51BrO2/c1-7-22(20(2)3)9-8-21(4)27-12-13-28-25-11-10-24-18-23(26(19-33)30(34)35)14-16-31(24,5)29(25)15-17-32(27,28)6/h8-10,20-23,25-29H,7,11-19H2,1-6H3,(H,34,35)/b9-8+/t21-,22-,23+,25+,26?,27-,28+,29+,31+,32-/m1/s1. The van der Waals surface area contributed by atoms with Crippen molar-refractivity contribution < 1.29 is 9.90 Å². The Morgan fingerprint density at radius 2 is 1.86 bits per heavy atom. The van der Waals surface area contributed by atoms with E-state index >= 15 is 0 Å². The van der Waals surface area contributed by atoms with Crippen molar-refractivity contribution in [2.45, 2.75) is 99.3 Å². The molecule has 0 spiro atoms. The molecule has 0 amide bonds. The second-order valence-corrected chi connectivity index (χ2v) is 14.3. The van der Waals surface area contributed by atoms with Crippen LogP contribution in [0.15, 0.2) is 23.8 Å². The minimum absolute atomic E-state index is 0.249. The number of halogens is 1. The lowest BCUT2D eigenvalue weighted by Crippen LogP contribution is -2.50. The molecule has 0 aliphatic heterocycles. The van der Waals surface area contributed by atoms with Gasteiger partial charge in [0, 0.05) is 5.33 Å². The van der Waals surface area contributed by atoms with Crippen LogP contribution >= 0.6 is 15.9 Å². The molecular formula is C32H51BrO2. The molecule has 3 heteroatoms. The van der Waals surface area contributed by atoms with Gasteiger partial charge in [-0.2, -0.15) is 0 Å². The molecule has 198 valence electrons. The molecule has 0 saturated heterocycles. The molecule has 2 nitrogen and oxygen atoms in total. The minimum atomic E-state index is -0.628. The Labute approximate surface area is 223 Å². The third kappa shape index (κ3) is 4.86. The SMILES string of the molecule is CC[C@H](/C=C/[C@@H](C)[C@H]1CC[C@H]2[C@@H]3CC=C4C[C@@H](C(CBr)C(=O)O)CC[C@]4(C)[C@H]3CC[C@]12C)C(C)C. The van der Waals surface area contributed by atoms with Crippen LogP contribution in [0, 0.1) is 64.1 Å². The Balaban J connectivity index is 1.50. The number of aliphatic carboxylic acids is 1. The van der Waals surface area contributed by atoms with E-state index < -0.39 is 5.97 Å². The minimum Gasteiger partial charge on any atom is -0.481 e. The van der Waals surface area contributed by atoms with Crippen molar-refractivity contribution in [3.8, 4) is 0 Å². The van der Waals surface area contributed by atoms with Crippen LogP contribution in [0.4, 0.5) is 0 Å². The topological polar surface area (TPSA) is 37.3 Å². The molecule has 0 aromatic carbocycles. The van der Waals surface area contributed by atoms with Gasteiger partial charge in [0.15, 0.2) is 0 Å². The highest BCUT2D eigenvalue weighted by Crippen LogP contribution is 2.67. The number of alkyl halides is 1. The zero-order valence-corrected chi connectivity index (χ0v) is 24.8. The number of hydrogen-bond donors (Lipinski definition) is 1. The van der Waals surface area contributed by atoms with Crippen LogP contribution in [0.5, 0.6) is 0 Å². The van der Waals surface area contributed by atoms with Crippen molar-refractivity contribution in [3.63, 3.8) is 0 Å². The van der Waals surface area contributed by atoms with Gasteiger partial charge in [-0.25, -0.2) is 0 Å². The fourth-order valence-electron chi connectivity index (χ4n) is 9.61. The fraction of sp³-hybridized carbons (Fsp3) is 0.844. The van der Waals surface area contributed by atoms with E-state index in [-0.39, 0.29) is 11.8 Å². The summed E-state index contributed by atoms with van der Waals surface area (Å²) in [6, 6.07) is 0. The highest BCUT2D eigenvalue weighted by atomic mass is 79.9. The predicted molar refractivity (Wildman–Crippen MR) is 151 cm³/mol. The molecule has 1 unspecified atom stereocenters. The van der Waals surface area contributed by atoms with Gasteiger partial charge in [0.2, 0.25) is 0 Å². The normalized spacial score (nSPS) is 41.6. The lowest BCUT2D eigenvalue weighted by Gasteiger charge is -2.58. The number of fused-ring (bicyclic) bond motifs is 5. The summed E-state index contributed by atoms with van der Waals surface area (Å²) >= 11 is 3.49. The second-order valence-electron chi connectivity index (χ2n) is 13.6. The maximum Gasteiger partial charge on any atom is 0.307 e. The monoisotopic (exact) mass is 546 g/mol. The van der Waals surface area contributed by atoms with Crippen LogP contribution in [-0.4, -0.2) is 16.4 Å². The first-order valence-corrected chi connectivity index (χ1v) is 15.9. The van der Waals surface area contributed by atoms with Gasteiger partial charge in [0.25, 0.3) is 0 Å². The molecular weight excluding hydrogens is 496 g/mol. The highest BCUT2D eigenvalue weighted by molar-refractivity contribution is 9.09. The van der Waals surface area contributed by atoms with E-state index in [2.05, 4.69) is 75.7 Å². The molecule has 4 aliphatic rings. The summed E-state index contributed by atoms with van der Waals surface area (Å²) in [5.74, 6) is 4.82. The van der Waals surface area contributed by atoms with E-state index in [0.717, 1.165) is 42.4 Å². The molecule has 35 heavy (non-hydrogen) atoms. The average Bonchev–Trinajstić information content (AvgIpc) is 3.16. The van der Waals surface area contributed by atoms with E-state index in [1.54, 1.807) is 5.57 Å². The van der Waals surface area contributed by atoms with Gasteiger partial charge in [-0.15, -0.1) is 0 Å². The Kier molecular flexibility index (Phi) is 8.36. The quantitative estimate of drug-likeness (QED) is 0.243. The van der Waals surface area contributed by atoms with Gasteiger partial charge in [-0.05, 0) is 116 Å². The Hall–Kier alpha value is -0.570. The van der Waals surface area contributed by atoms with E-state index in [4.69, 9.17) is 0 Å². The molecule has 0 aromatic heterocycles. The molecule has 4 aliphatic carbocycles. The number of carbonyl (C=O) groups is 1. The third-order valence-corrected chi connectivity index (χ3v) is 12.6. The van der Waals surface area contributed by atoms with Crippen LogP contribution in [0.3, 0.4) is 0 Å². The number of carboxylic acid groups (broad SMARTS) is 1. The lowest BCUT2D eigenvalue weighted by atomic mass is 9.46. The van der Waals surface area contributed by atoms with Crippen LogP contribution in [0.25, 0.3) is 0 Å². The maximum absolute atomic E-state index is 11.8. The van der Waals surface area contributed by atoms with E-state index in [1.165, 1.54) is 44.9 Å². The summed E-state index contributed by atoms with van der Waals surface area (Å²) < 4.78 is 0. The van der Waals surface area contributed by atoms with Crippen molar-refractivity contribution >= 4 is 21.9 Å². The smallest absolute Gasteiger partial charge is 0.307 e. The summed E-state index contributed by atoms with van der Waals surface area (Å²) in [6.07, 6.45) is 19.0. The Morgan fingerprint density at radius 3 is 2.49 bits per heavy atom. The molecule has 3 fully saturated rings. The number of rotatable bonds is 8. The summed E-state index contributed by atoms with van der Waals surface area (Å²) in [6.45, 7) is 14.7. The van der Waals surface area contributed by atoms with Crippen LogP contribution < -0.4 is 0 Å². The molecule has 0 radical (unpaired) electrons. The number of hydrogen-bond acceptors (Lipinski definition) is 1. The van der Waals surface area contributed by atoms with Gasteiger partial charge >= 0.3 is 5.97 Å². The number of allylic oxidation sites excluding steroid dienone is 4. The van der Waals surface area contributed by atoms with Crippen molar-refractivity contribution in [2.75, 3.05) is 5.33 Å². The van der Waals surface area contributed by atoms with Crippen molar-refractivity contribution in [3.05, 3.63) is 23.8 Å². The summed E-state index contributed by atoms with van der Waals surface area (Å²) in [4.78, 5) is 11.8. The summed E-state index contributed by atoms with van der Waals surface area (Å²) in [5.41, 5.74) is 2.38. The van der Waals surface area contributed by atoms with Gasteiger partial charge in [0.05, 0.1) is 5.92 Å². The summed E-state index contributed by atoms with van der Waals surface area (Å²) in [5, 5.41) is 10.3. The van der Waals surface area contributed by atoms with Gasteiger partial charge < -0.3 is 5.11 Å². The third-order valence-electron chi connectivity index (χ3n) is 11.9. The molecule has 3 saturated carbocycles. The Bertz CT molecular complexity index is 829. The first-order valence-electron chi connectivity index (χ1n) is 14.7. The molecule has 0 bridgehead atoms. The average molecular weight is 548 g/mol. The lowest BCUT2D eigenvalue weighted by molar-refractivity contribution is -0.143. The molecule has 10 atom stereocenters. The second kappa shape index (κ2) is 10.7. The molecule has 0 heterocycles. The van der Waals surface area contributed by atoms with Crippen molar-refractivity contribution in [2.24, 2.45) is 64.1 Å². The fourth-order valence-corrected chi connectivity index (χ4v) is 10.4. The van der Waals surface area contributed by atoms with E-state index in [0.29, 0.717) is 28.0 Å². The largest absolute Gasteiger partial charge is 0.481 e. The van der Waals surface area contributed by atoms with Gasteiger partial charge in [0.1, 0.15) is 0 Å². The van der Waals surface area contributed by atoms with Crippen LogP contribution in [0.1, 0.15) is 99.3 Å². The maximum atomic E-state index is 11.8. The molecule has 1 N–H and O–H groups in total. The van der Waals surface area contributed by atoms with Crippen LogP contribution in [-0.2, 0) is 4.79 Å². The molecule has 4 rings (SSSR count). The van der Waals surface area contributed by atoms with Gasteiger partial charge in [-0.3, -0.25) is 4.79 Å². The van der Waals surface area contributed by atoms with E-state index in [1.807, 2.05) is 0 Å². The first kappa shape index (κ1) is 27.5. The molecule has 0 aromatic rings. The van der Waals surface area contributed by atoms with E-state index in [9.17, 15) is 9.90 Å². The first-order chi connectivity index (χ1) is 16.6. The zero-order valence-electron chi connectivity index (χ0n) is 23.2.